The average Bonchev–Trinajstić information content (AvgIpc) is 2.49. The number of nitrogens with two attached hydrogens (primary N) is 1. The fourth-order valence-corrected chi connectivity index (χ4v) is 2.47. The molecule has 0 radical (unpaired) electrons. The van der Waals surface area contributed by atoms with Crippen LogP contribution in [0.5, 0.6) is 11.5 Å². The Bertz CT molecular complexity index is 783. The van der Waals surface area contributed by atoms with E-state index in [9.17, 15) is 0 Å². The van der Waals surface area contributed by atoms with Crippen molar-refractivity contribution in [1.82, 2.24) is 0 Å². The van der Waals surface area contributed by atoms with Gasteiger partial charge in [-0.15, -0.1) is 0 Å². The van der Waals surface area contributed by atoms with Crippen molar-refractivity contribution in [2.24, 2.45) is 5.73 Å². The second kappa shape index (κ2) is 5.76. The largest absolute Gasteiger partial charge is 0.456 e. The van der Waals surface area contributed by atoms with Gasteiger partial charge in [0.15, 0.2) is 0 Å². The second-order valence-electron chi connectivity index (χ2n) is 5.09. The van der Waals surface area contributed by atoms with Gasteiger partial charge in [0, 0.05) is 6.04 Å². The standard InChI is InChI=1S/C18H16ClNO/c1-12(20)14-7-9-18(17(19)11-14)21-16-8-6-13-4-2-3-5-15(13)10-16/h2-12H,20H2,1H3/t12-/m1/s1. The molecule has 0 bridgehead atoms. The molecule has 3 rings (SSSR count). The maximum Gasteiger partial charge on any atom is 0.146 e. The molecule has 0 spiro atoms. The molecule has 1 atom stereocenters. The minimum absolute atomic E-state index is 0.0442. The lowest BCUT2D eigenvalue weighted by atomic mass is 10.1. The number of hydrogen-bond acceptors (Lipinski definition) is 2. The van der Waals surface area contributed by atoms with Gasteiger partial charge < -0.3 is 10.5 Å². The van der Waals surface area contributed by atoms with E-state index in [0.29, 0.717) is 10.8 Å². The van der Waals surface area contributed by atoms with Crippen LogP contribution in [0.15, 0.2) is 60.7 Å². The minimum atomic E-state index is -0.0442. The quantitative estimate of drug-likeness (QED) is 0.711. The Morgan fingerprint density at radius 3 is 2.43 bits per heavy atom. The van der Waals surface area contributed by atoms with Crippen molar-refractivity contribution in [3.8, 4) is 11.5 Å². The first kappa shape index (κ1) is 13.9. The highest BCUT2D eigenvalue weighted by atomic mass is 35.5. The second-order valence-corrected chi connectivity index (χ2v) is 5.50. The molecule has 0 saturated heterocycles. The molecule has 0 aliphatic heterocycles. The Hall–Kier alpha value is -2.03. The van der Waals surface area contributed by atoms with Gasteiger partial charge >= 0.3 is 0 Å². The molecule has 0 aliphatic carbocycles. The van der Waals surface area contributed by atoms with Crippen LogP contribution in [0.4, 0.5) is 0 Å². The van der Waals surface area contributed by atoms with E-state index in [1.807, 2.05) is 55.5 Å². The smallest absolute Gasteiger partial charge is 0.146 e. The first-order chi connectivity index (χ1) is 10.1. The van der Waals surface area contributed by atoms with Gasteiger partial charge in [-0.05, 0) is 47.5 Å². The lowest BCUT2D eigenvalue weighted by Crippen LogP contribution is -2.04. The van der Waals surface area contributed by atoms with Crippen LogP contribution in [0.2, 0.25) is 5.02 Å². The predicted molar refractivity (Wildman–Crippen MR) is 88.1 cm³/mol. The van der Waals surface area contributed by atoms with Crippen molar-refractivity contribution in [2.75, 3.05) is 0 Å². The molecule has 3 heteroatoms. The molecule has 0 aromatic heterocycles. The van der Waals surface area contributed by atoms with Crippen molar-refractivity contribution in [3.63, 3.8) is 0 Å². The summed E-state index contributed by atoms with van der Waals surface area (Å²) in [6.07, 6.45) is 0. The number of hydrogen-bond donors (Lipinski definition) is 1. The minimum Gasteiger partial charge on any atom is -0.456 e. The van der Waals surface area contributed by atoms with Crippen LogP contribution in [-0.4, -0.2) is 0 Å². The zero-order valence-corrected chi connectivity index (χ0v) is 12.5. The summed E-state index contributed by atoms with van der Waals surface area (Å²) < 4.78 is 5.88. The van der Waals surface area contributed by atoms with E-state index in [0.717, 1.165) is 16.7 Å². The number of rotatable bonds is 3. The fourth-order valence-electron chi connectivity index (χ4n) is 2.24. The third kappa shape index (κ3) is 3.02. The third-order valence-corrected chi connectivity index (χ3v) is 3.73. The van der Waals surface area contributed by atoms with Crippen molar-refractivity contribution >= 4 is 22.4 Å². The van der Waals surface area contributed by atoms with E-state index in [-0.39, 0.29) is 6.04 Å². The summed E-state index contributed by atoms with van der Waals surface area (Å²) in [6.45, 7) is 1.93. The maximum atomic E-state index is 6.26. The molecule has 3 aromatic carbocycles. The Morgan fingerprint density at radius 1 is 0.952 bits per heavy atom. The molecule has 0 amide bonds. The molecule has 3 aromatic rings. The van der Waals surface area contributed by atoms with Crippen molar-refractivity contribution in [1.29, 1.82) is 0 Å². The van der Waals surface area contributed by atoms with E-state index >= 15 is 0 Å². The summed E-state index contributed by atoms with van der Waals surface area (Å²) in [5.41, 5.74) is 6.84. The first-order valence-corrected chi connectivity index (χ1v) is 7.23. The number of fused-ring (bicyclic) bond motifs is 1. The van der Waals surface area contributed by atoms with Crippen LogP contribution in [0, 0.1) is 0 Å². The van der Waals surface area contributed by atoms with Crippen LogP contribution in [0.1, 0.15) is 18.5 Å². The third-order valence-electron chi connectivity index (χ3n) is 3.43. The molecule has 0 aliphatic rings. The molecule has 106 valence electrons. The van der Waals surface area contributed by atoms with E-state index in [2.05, 4.69) is 12.1 Å². The Kier molecular flexibility index (Phi) is 3.82. The molecule has 2 nitrogen and oxygen atoms in total. The van der Waals surface area contributed by atoms with Crippen molar-refractivity contribution in [2.45, 2.75) is 13.0 Å². The SMILES string of the molecule is C[C@@H](N)c1ccc(Oc2ccc3ccccc3c2)c(Cl)c1. The van der Waals surface area contributed by atoms with E-state index < -0.39 is 0 Å². The molecule has 0 heterocycles. The molecule has 0 saturated carbocycles. The summed E-state index contributed by atoms with van der Waals surface area (Å²) >= 11 is 6.26. The fraction of sp³-hybridized carbons (Fsp3) is 0.111. The van der Waals surface area contributed by atoms with Gasteiger partial charge in [-0.25, -0.2) is 0 Å². The van der Waals surface area contributed by atoms with E-state index in [4.69, 9.17) is 22.1 Å². The van der Waals surface area contributed by atoms with E-state index in [1.54, 1.807) is 0 Å². The normalized spacial score (nSPS) is 12.3. The van der Waals surface area contributed by atoms with Gasteiger partial charge in [0.25, 0.3) is 0 Å². The molecular formula is C18H16ClNO. The molecule has 0 unspecified atom stereocenters. The van der Waals surface area contributed by atoms with Gasteiger partial charge in [0.2, 0.25) is 0 Å². The van der Waals surface area contributed by atoms with E-state index in [1.165, 1.54) is 5.39 Å². The van der Waals surface area contributed by atoms with Gasteiger partial charge in [-0.3, -0.25) is 0 Å². The summed E-state index contributed by atoms with van der Waals surface area (Å²) in [5, 5.41) is 2.89. The lowest BCUT2D eigenvalue weighted by Gasteiger charge is -2.11. The summed E-state index contributed by atoms with van der Waals surface area (Å²) in [4.78, 5) is 0. The average molecular weight is 298 g/mol. The molecule has 2 N–H and O–H groups in total. The summed E-state index contributed by atoms with van der Waals surface area (Å²) in [6, 6.07) is 19.7. The summed E-state index contributed by atoms with van der Waals surface area (Å²) in [7, 11) is 0. The number of halogens is 1. The Balaban J connectivity index is 1.91. The predicted octanol–water partition coefficient (Wildman–Crippen LogP) is 5.31. The zero-order chi connectivity index (χ0) is 14.8. The lowest BCUT2D eigenvalue weighted by molar-refractivity contribution is 0.483. The van der Waals surface area contributed by atoms with Gasteiger partial charge in [-0.1, -0.05) is 48.0 Å². The zero-order valence-electron chi connectivity index (χ0n) is 11.7. The van der Waals surface area contributed by atoms with Crippen LogP contribution < -0.4 is 10.5 Å². The number of ether oxygens (including phenoxy) is 1. The van der Waals surface area contributed by atoms with Crippen LogP contribution in [-0.2, 0) is 0 Å². The van der Waals surface area contributed by atoms with Crippen molar-refractivity contribution in [3.05, 3.63) is 71.2 Å². The highest BCUT2D eigenvalue weighted by Gasteiger charge is 2.07. The Labute approximate surface area is 129 Å². The first-order valence-electron chi connectivity index (χ1n) is 6.85. The molecule has 0 fully saturated rings. The van der Waals surface area contributed by atoms with Crippen LogP contribution >= 0.6 is 11.6 Å². The van der Waals surface area contributed by atoms with Gasteiger partial charge in [0.1, 0.15) is 11.5 Å². The van der Waals surface area contributed by atoms with Gasteiger partial charge in [-0.2, -0.15) is 0 Å². The highest BCUT2D eigenvalue weighted by molar-refractivity contribution is 6.32. The molecular weight excluding hydrogens is 282 g/mol. The highest BCUT2D eigenvalue weighted by Crippen LogP contribution is 2.32. The molecule has 21 heavy (non-hydrogen) atoms. The summed E-state index contributed by atoms with van der Waals surface area (Å²) in [5.74, 6) is 1.40. The van der Waals surface area contributed by atoms with Crippen LogP contribution in [0.3, 0.4) is 0 Å². The maximum absolute atomic E-state index is 6.26. The Morgan fingerprint density at radius 2 is 1.71 bits per heavy atom. The van der Waals surface area contributed by atoms with Crippen LogP contribution in [0.25, 0.3) is 10.8 Å². The number of benzene rings is 3. The van der Waals surface area contributed by atoms with Crippen molar-refractivity contribution < 1.29 is 4.74 Å². The van der Waals surface area contributed by atoms with Gasteiger partial charge in [0.05, 0.1) is 5.02 Å². The topological polar surface area (TPSA) is 35.2 Å². The monoisotopic (exact) mass is 297 g/mol.